The first-order chi connectivity index (χ1) is 14.6. The molecule has 0 aliphatic carbocycles. The minimum absolute atomic E-state index is 0.102. The summed E-state index contributed by atoms with van der Waals surface area (Å²) in [4.78, 5) is 18.7. The van der Waals surface area contributed by atoms with Crippen LogP contribution in [0.15, 0.2) is 54.7 Å². The van der Waals surface area contributed by atoms with Crippen LogP contribution in [-0.4, -0.2) is 55.9 Å². The number of hydrogen-bond acceptors (Lipinski definition) is 5. The number of nitrogens with one attached hydrogen (secondary N) is 2. The number of nitrogens with zero attached hydrogens (tertiary/aromatic N) is 1. The smallest absolute Gasteiger partial charge is 0.315 e. The molecule has 158 valence electrons. The van der Waals surface area contributed by atoms with Crippen LogP contribution in [0.1, 0.15) is 22.6 Å². The summed E-state index contributed by atoms with van der Waals surface area (Å²) in [6, 6.07) is 15.9. The van der Waals surface area contributed by atoms with E-state index in [-0.39, 0.29) is 18.6 Å². The molecule has 2 atom stereocenters. The molecule has 3 aromatic rings. The Kier molecular flexibility index (Phi) is 6.47. The van der Waals surface area contributed by atoms with Crippen molar-refractivity contribution in [2.24, 2.45) is 0 Å². The number of hydrogen-bond donors (Lipinski definition) is 2. The van der Waals surface area contributed by atoms with Crippen LogP contribution in [0.4, 0.5) is 0 Å². The van der Waals surface area contributed by atoms with E-state index in [4.69, 9.17) is 9.47 Å². The summed E-state index contributed by atoms with van der Waals surface area (Å²) < 4.78 is 11.2. The molecule has 2 heterocycles. The number of benzene rings is 2. The zero-order valence-corrected chi connectivity index (χ0v) is 17.6. The highest BCUT2D eigenvalue weighted by atomic mass is 16.5. The van der Waals surface area contributed by atoms with Crippen molar-refractivity contribution in [2.45, 2.75) is 25.0 Å². The van der Waals surface area contributed by atoms with Gasteiger partial charge < -0.3 is 19.4 Å². The largest absolute Gasteiger partial charge is 0.460 e. The van der Waals surface area contributed by atoms with Crippen LogP contribution >= 0.6 is 0 Å². The number of H-pyrrole nitrogens is 1. The Morgan fingerprint density at radius 1 is 1.23 bits per heavy atom. The van der Waals surface area contributed by atoms with Gasteiger partial charge in [-0.05, 0) is 49.3 Å². The maximum atomic E-state index is 13.1. The van der Waals surface area contributed by atoms with Gasteiger partial charge in [0.25, 0.3) is 0 Å². The molecule has 0 spiro atoms. The van der Waals surface area contributed by atoms with E-state index in [1.807, 2.05) is 36.4 Å². The van der Waals surface area contributed by atoms with Gasteiger partial charge in [-0.2, -0.15) is 0 Å². The van der Waals surface area contributed by atoms with Gasteiger partial charge in [0.05, 0.1) is 19.3 Å². The predicted molar refractivity (Wildman–Crippen MR) is 117 cm³/mol. The van der Waals surface area contributed by atoms with Gasteiger partial charge in [-0.15, -0.1) is 0 Å². The van der Waals surface area contributed by atoms with Crippen molar-refractivity contribution in [1.29, 1.82) is 0 Å². The number of ether oxygens (including phenoxy) is 2. The van der Waals surface area contributed by atoms with Gasteiger partial charge in [-0.3, -0.25) is 10.1 Å². The summed E-state index contributed by atoms with van der Waals surface area (Å²) in [5.74, 6) is -0.649. The second-order valence-corrected chi connectivity index (χ2v) is 8.07. The molecule has 6 heteroatoms. The van der Waals surface area contributed by atoms with Gasteiger partial charge in [-0.1, -0.05) is 36.4 Å². The van der Waals surface area contributed by atoms with Crippen LogP contribution in [0, 0.1) is 0 Å². The molecular weight excluding hydrogens is 378 g/mol. The fraction of sp³-hybridized carbons (Fsp3) is 0.375. The molecule has 6 nitrogen and oxygen atoms in total. The molecule has 2 aromatic carbocycles. The van der Waals surface area contributed by atoms with Crippen LogP contribution in [-0.2, 0) is 27.3 Å². The fourth-order valence-corrected chi connectivity index (χ4v) is 3.92. The second-order valence-electron chi connectivity index (χ2n) is 8.07. The van der Waals surface area contributed by atoms with Gasteiger partial charge >= 0.3 is 5.97 Å². The Balaban J connectivity index is 1.59. The number of carbonyl (C=O) groups excluding carboxylic acids is 1. The van der Waals surface area contributed by atoms with Crippen LogP contribution in [0.5, 0.6) is 0 Å². The quantitative estimate of drug-likeness (QED) is 0.562. The van der Waals surface area contributed by atoms with Gasteiger partial charge in [-0.25, -0.2) is 0 Å². The maximum Gasteiger partial charge on any atom is 0.315 e. The Labute approximate surface area is 177 Å². The monoisotopic (exact) mass is 407 g/mol. The maximum absolute atomic E-state index is 13.1. The Morgan fingerprint density at radius 3 is 2.80 bits per heavy atom. The number of rotatable bonds is 8. The van der Waals surface area contributed by atoms with Crippen molar-refractivity contribution in [3.05, 3.63) is 71.4 Å². The molecule has 2 unspecified atom stereocenters. The van der Waals surface area contributed by atoms with Crippen LogP contribution < -0.4 is 5.32 Å². The number of aromatic nitrogens is 1. The summed E-state index contributed by atoms with van der Waals surface area (Å²) in [6.07, 6.45) is 3.02. The molecule has 4 rings (SSSR count). The lowest BCUT2D eigenvalue weighted by atomic mass is 9.90. The van der Waals surface area contributed by atoms with E-state index in [0.717, 1.165) is 35.0 Å². The van der Waals surface area contributed by atoms with E-state index in [0.29, 0.717) is 13.3 Å². The average Bonchev–Trinajstić information content (AvgIpc) is 3.42. The lowest BCUT2D eigenvalue weighted by Gasteiger charge is -2.22. The van der Waals surface area contributed by atoms with Gasteiger partial charge in [0, 0.05) is 29.7 Å². The summed E-state index contributed by atoms with van der Waals surface area (Å²) in [6.45, 7) is 2.18. The minimum Gasteiger partial charge on any atom is -0.460 e. The zero-order valence-electron chi connectivity index (χ0n) is 17.6. The van der Waals surface area contributed by atoms with E-state index in [9.17, 15) is 4.79 Å². The van der Waals surface area contributed by atoms with Gasteiger partial charge in [0.1, 0.15) is 6.61 Å². The van der Waals surface area contributed by atoms with Gasteiger partial charge in [0.15, 0.2) is 0 Å². The van der Waals surface area contributed by atoms with E-state index < -0.39 is 5.92 Å². The zero-order chi connectivity index (χ0) is 20.9. The highest BCUT2D eigenvalue weighted by molar-refractivity contribution is 5.87. The molecule has 0 bridgehead atoms. The minimum atomic E-state index is -0.419. The average molecular weight is 408 g/mol. The summed E-state index contributed by atoms with van der Waals surface area (Å²) >= 11 is 0. The molecule has 0 radical (unpaired) electrons. The van der Waals surface area contributed by atoms with E-state index in [1.54, 1.807) is 0 Å². The lowest BCUT2D eigenvalue weighted by molar-refractivity contribution is -0.147. The predicted octanol–water partition coefficient (Wildman–Crippen LogP) is 3.04. The molecule has 2 N–H and O–H groups in total. The van der Waals surface area contributed by atoms with E-state index in [2.05, 4.69) is 47.6 Å². The van der Waals surface area contributed by atoms with Crippen molar-refractivity contribution >= 4 is 16.9 Å². The third kappa shape index (κ3) is 4.73. The van der Waals surface area contributed by atoms with Gasteiger partial charge in [0.2, 0.25) is 0 Å². The third-order valence-corrected chi connectivity index (χ3v) is 5.60. The van der Waals surface area contributed by atoms with Crippen molar-refractivity contribution in [3.63, 3.8) is 0 Å². The molecule has 1 saturated heterocycles. The fourth-order valence-electron chi connectivity index (χ4n) is 3.92. The topological polar surface area (TPSA) is 66.6 Å². The molecule has 0 amide bonds. The molecule has 1 aliphatic rings. The van der Waals surface area contributed by atoms with E-state index >= 15 is 0 Å². The molecule has 0 saturated carbocycles. The van der Waals surface area contributed by atoms with Crippen molar-refractivity contribution < 1.29 is 14.3 Å². The number of fused-ring (bicyclic) bond motifs is 1. The third-order valence-electron chi connectivity index (χ3n) is 5.60. The van der Waals surface area contributed by atoms with Crippen LogP contribution in [0.25, 0.3) is 10.9 Å². The Morgan fingerprint density at radius 2 is 2.07 bits per heavy atom. The standard InChI is InChI=1S/C24H29N3O3/c1-27(2)11-10-19-13-25-21-9-8-18(12-20(19)21)23(22-15-29-16-26-22)24(28)30-14-17-6-4-3-5-7-17/h3-9,12-13,22-23,25-26H,10-11,14-16H2,1-2H3. The number of esters is 1. The number of likely N-dealkylation sites (N-methyl/N-ethyl adjacent to an activating group) is 1. The first kappa shape index (κ1) is 20.6. The Hall–Kier alpha value is -2.67. The van der Waals surface area contributed by atoms with Crippen molar-refractivity contribution in [2.75, 3.05) is 34.0 Å². The molecular formula is C24H29N3O3. The first-order valence-corrected chi connectivity index (χ1v) is 10.4. The van der Waals surface area contributed by atoms with Crippen LogP contribution in [0.3, 0.4) is 0 Å². The highest BCUT2D eigenvalue weighted by Gasteiger charge is 2.34. The van der Waals surface area contributed by atoms with Crippen molar-refractivity contribution in [3.8, 4) is 0 Å². The number of aromatic amines is 1. The second kappa shape index (κ2) is 9.43. The number of carbonyl (C=O) groups is 1. The summed E-state index contributed by atoms with van der Waals surface area (Å²) in [5.41, 5.74) is 4.27. The molecule has 1 fully saturated rings. The lowest BCUT2D eigenvalue weighted by Crippen LogP contribution is -2.36. The molecule has 30 heavy (non-hydrogen) atoms. The van der Waals surface area contributed by atoms with Crippen LogP contribution in [0.2, 0.25) is 0 Å². The first-order valence-electron chi connectivity index (χ1n) is 10.4. The summed E-state index contributed by atoms with van der Waals surface area (Å²) in [7, 11) is 4.15. The normalized spacial score (nSPS) is 17.5. The van der Waals surface area contributed by atoms with Crippen molar-refractivity contribution in [1.82, 2.24) is 15.2 Å². The highest BCUT2D eigenvalue weighted by Crippen LogP contribution is 2.29. The Bertz CT molecular complexity index is 978. The molecule has 1 aromatic heterocycles. The SMILES string of the molecule is CN(C)CCc1c[nH]c2ccc(C(C(=O)OCc3ccccc3)C3COCN3)cc12. The molecule has 1 aliphatic heterocycles. The summed E-state index contributed by atoms with van der Waals surface area (Å²) in [5, 5.41) is 4.45. The van der Waals surface area contributed by atoms with E-state index in [1.165, 1.54) is 5.56 Å².